The first-order chi connectivity index (χ1) is 11.4. The lowest BCUT2D eigenvalue weighted by molar-refractivity contribution is -0.385. The Morgan fingerprint density at radius 1 is 1.21 bits per heavy atom. The molecule has 7 nitrogen and oxygen atoms in total. The monoisotopic (exact) mass is 327 g/mol. The SMILES string of the molecule is COc1ccc(/C(C)=N/NC(=O)c2cccc(C)c2)cc1[N+](=O)[O-]. The van der Waals surface area contributed by atoms with Crippen molar-refractivity contribution in [3.05, 3.63) is 69.3 Å². The van der Waals surface area contributed by atoms with E-state index in [1.165, 1.54) is 19.2 Å². The van der Waals surface area contributed by atoms with E-state index in [-0.39, 0.29) is 17.3 Å². The van der Waals surface area contributed by atoms with E-state index in [1.54, 1.807) is 31.2 Å². The zero-order valence-electron chi connectivity index (χ0n) is 13.6. The molecule has 0 fully saturated rings. The lowest BCUT2D eigenvalue weighted by atomic mass is 10.1. The van der Waals surface area contributed by atoms with Crippen LogP contribution in [0.2, 0.25) is 0 Å². The highest BCUT2D eigenvalue weighted by atomic mass is 16.6. The number of hydrogen-bond donors (Lipinski definition) is 1. The molecule has 0 heterocycles. The van der Waals surface area contributed by atoms with Crippen molar-refractivity contribution in [1.29, 1.82) is 0 Å². The minimum absolute atomic E-state index is 0.158. The average Bonchev–Trinajstić information content (AvgIpc) is 2.58. The molecule has 0 aliphatic heterocycles. The first kappa shape index (κ1) is 17.1. The molecule has 0 aliphatic carbocycles. The Morgan fingerprint density at radius 3 is 2.58 bits per heavy atom. The van der Waals surface area contributed by atoms with Crippen molar-refractivity contribution in [3.8, 4) is 5.75 Å². The van der Waals surface area contributed by atoms with Crippen molar-refractivity contribution in [2.45, 2.75) is 13.8 Å². The molecule has 0 saturated heterocycles. The molecule has 24 heavy (non-hydrogen) atoms. The Balaban J connectivity index is 2.20. The molecule has 1 amide bonds. The summed E-state index contributed by atoms with van der Waals surface area (Å²) < 4.78 is 4.96. The molecule has 0 radical (unpaired) electrons. The molecule has 0 spiro atoms. The van der Waals surface area contributed by atoms with E-state index in [9.17, 15) is 14.9 Å². The van der Waals surface area contributed by atoms with Crippen molar-refractivity contribution < 1.29 is 14.5 Å². The standard InChI is InChI=1S/C17H17N3O4/c1-11-5-4-6-14(9-11)17(21)19-18-12(2)13-7-8-16(24-3)15(10-13)20(22)23/h4-10H,1-3H3,(H,19,21)/b18-12+. The lowest BCUT2D eigenvalue weighted by Crippen LogP contribution is -2.19. The summed E-state index contributed by atoms with van der Waals surface area (Å²) in [4.78, 5) is 22.6. The van der Waals surface area contributed by atoms with Crippen molar-refractivity contribution in [1.82, 2.24) is 5.43 Å². The van der Waals surface area contributed by atoms with Gasteiger partial charge in [-0.2, -0.15) is 5.10 Å². The zero-order valence-corrected chi connectivity index (χ0v) is 13.6. The van der Waals surface area contributed by atoms with Gasteiger partial charge in [-0.1, -0.05) is 17.7 Å². The molecular weight excluding hydrogens is 310 g/mol. The van der Waals surface area contributed by atoms with Gasteiger partial charge in [0.25, 0.3) is 5.91 Å². The van der Waals surface area contributed by atoms with Crippen LogP contribution in [0.15, 0.2) is 47.6 Å². The second-order valence-corrected chi connectivity index (χ2v) is 5.15. The quantitative estimate of drug-likeness (QED) is 0.519. The Kier molecular flexibility index (Phi) is 5.26. The van der Waals surface area contributed by atoms with Gasteiger partial charge in [0.1, 0.15) is 0 Å². The first-order valence-electron chi connectivity index (χ1n) is 7.16. The van der Waals surface area contributed by atoms with Gasteiger partial charge in [-0.05, 0) is 38.1 Å². The van der Waals surface area contributed by atoms with Gasteiger partial charge in [0.05, 0.1) is 17.7 Å². The Morgan fingerprint density at radius 2 is 1.96 bits per heavy atom. The smallest absolute Gasteiger partial charge is 0.311 e. The number of hydrazone groups is 1. The topological polar surface area (TPSA) is 93.8 Å². The fourth-order valence-corrected chi connectivity index (χ4v) is 2.11. The molecule has 0 unspecified atom stereocenters. The number of methoxy groups -OCH3 is 1. The fraction of sp³-hybridized carbons (Fsp3) is 0.176. The summed E-state index contributed by atoms with van der Waals surface area (Å²) in [7, 11) is 1.37. The van der Waals surface area contributed by atoms with Crippen molar-refractivity contribution >= 4 is 17.3 Å². The van der Waals surface area contributed by atoms with Crippen molar-refractivity contribution in [2.24, 2.45) is 5.10 Å². The third-order valence-electron chi connectivity index (χ3n) is 3.40. The summed E-state index contributed by atoms with van der Waals surface area (Å²) in [6.07, 6.45) is 0. The zero-order chi connectivity index (χ0) is 17.7. The van der Waals surface area contributed by atoms with Gasteiger partial charge in [0.15, 0.2) is 5.75 Å². The highest BCUT2D eigenvalue weighted by molar-refractivity contribution is 6.01. The van der Waals surface area contributed by atoms with Gasteiger partial charge >= 0.3 is 5.69 Å². The number of nitrogens with zero attached hydrogens (tertiary/aromatic N) is 2. The molecule has 124 valence electrons. The lowest BCUT2D eigenvalue weighted by Gasteiger charge is -2.06. The number of hydrogen-bond acceptors (Lipinski definition) is 5. The molecule has 0 aromatic heterocycles. The number of nitro benzene ring substituents is 1. The van der Waals surface area contributed by atoms with Gasteiger partial charge in [-0.3, -0.25) is 14.9 Å². The van der Waals surface area contributed by atoms with Gasteiger partial charge in [-0.25, -0.2) is 5.43 Å². The number of ether oxygens (including phenoxy) is 1. The van der Waals surface area contributed by atoms with Crippen LogP contribution >= 0.6 is 0 Å². The van der Waals surface area contributed by atoms with Crippen LogP contribution in [0.25, 0.3) is 0 Å². The van der Waals surface area contributed by atoms with Crippen LogP contribution in [0.4, 0.5) is 5.69 Å². The molecule has 0 atom stereocenters. The average molecular weight is 327 g/mol. The molecule has 0 saturated carbocycles. The minimum atomic E-state index is -0.527. The highest BCUT2D eigenvalue weighted by Gasteiger charge is 2.16. The highest BCUT2D eigenvalue weighted by Crippen LogP contribution is 2.27. The van der Waals surface area contributed by atoms with Gasteiger partial charge < -0.3 is 4.74 Å². The Hall–Kier alpha value is -3.22. The van der Waals surface area contributed by atoms with Crippen LogP contribution in [0.3, 0.4) is 0 Å². The summed E-state index contributed by atoms with van der Waals surface area (Å²) in [6.45, 7) is 3.55. The molecule has 7 heteroatoms. The third-order valence-corrected chi connectivity index (χ3v) is 3.40. The molecule has 2 aromatic rings. The second kappa shape index (κ2) is 7.36. The molecular formula is C17H17N3O4. The summed E-state index contributed by atoms with van der Waals surface area (Å²) in [5.74, 6) is -0.179. The van der Waals surface area contributed by atoms with Crippen LogP contribution in [0.5, 0.6) is 5.75 Å². The van der Waals surface area contributed by atoms with Crippen LogP contribution in [-0.2, 0) is 0 Å². The molecule has 0 bridgehead atoms. The number of benzene rings is 2. The summed E-state index contributed by atoms with van der Waals surface area (Å²) in [5.41, 5.74) is 4.72. The fourth-order valence-electron chi connectivity index (χ4n) is 2.11. The number of carbonyl (C=O) groups excluding carboxylic acids is 1. The van der Waals surface area contributed by atoms with E-state index in [0.717, 1.165) is 5.56 Å². The maximum Gasteiger partial charge on any atom is 0.311 e. The van der Waals surface area contributed by atoms with Gasteiger partial charge in [0.2, 0.25) is 0 Å². The second-order valence-electron chi connectivity index (χ2n) is 5.15. The third kappa shape index (κ3) is 3.95. The first-order valence-corrected chi connectivity index (χ1v) is 7.16. The van der Waals surface area contributed by atoms with E-state index < -0.39 is 4.92 Å². The Labute approximate surface area is 139 Å². The van der Waals surface area contributed by atoms with E-state index in [0.29, 0.717) is 16.8 Å². The minimum Gasteiger partial charge on any atom is -0.490 e. The van der Waals surface area contributed by atoms with Crippen molar-refractivity contribution in [2.75, 3.05) is 7.11 Å². The molecule has 2 aromatic carbocycles. The number of carbonyl (C=O) groups is 1. The number of aryl methyl sites for hydroxylation is 1. The number of nitro groups is 1. The maximum absolute atomic E-state index is 12.1. The molecule has 0 aliphatic rings. The number of rotatable bonds is 5. The van der Waals surface area contributed by atoms with E-state index in [1.807, 2.05) is 13.0 Å². The molecule has 2 rings (SSSR count). The Bertz CT molecular complexity index is 815. The predicted molar refractivity (Wildman–Crippen MR) is 90.5 cm³/mol. The maximum atomic E-state index is 12.1. The summed E-state index contributed by atoms with van der Waals surface area (Å²) in [5, 5.41) is 15.1. The van der Waals surface area contributed by atoms with Gasteiger partial charge in [0, 0.05) is 17.2 Å². The number of nitrogens with one attached hydrogen (secondary N) is 1. The van der Waals surface area contributed by atoms with Crippen LogP contribution in [0, 0.1) is 17.0 Å². The van der Waals surface area contributed by atoms with Crippen molar-refractivity contribution in [3.63, 3.8) is 0 Å². The largest absolute Gasteiger partial charge is 0.490 e. The van der Waals surface area contributed by atoms with Crippen LogP contribution < -0.4 is 10.2 Å². The van der Waals surface area contributed by atoms with Crippen LogP contribution in [-0.4, -0.2) is 23.7 Å². The van der Waals surface area contributed by atoms with E-state index in [4.69, 9.17) is 4.74 Å². The van der Waals surface area contributed by atoms with Crippen LogP contribution in [0.1, 0.15) is 28.4 Å². The van der Waals surface area contributed by atoms with E-state index in [2.05, 4.69) is 10.5 Å². The number of amides is 1. The summed E-state index contributed by atoms with van der Waals surface area (Å²) in [6, 6.07) is 11.6. The van der Waals surface area contributed by atoms with E-state index >= 15 is 0 Å². The van der Waals surface area contributed by atoms with Gasteiger partial charge in [-0.15, -0.1) is 0 Å². The summed E-state index contributed by atoms with van der Waals surface area (Å²) >= 11 is 0. The normalized spacial score (nSPS) is 11.0. The molecule has 1 N–H and O–H groups in total. The predicted octanol–water partition coefficient (Wildman–Crippen LogP) is 3.07.